The van der Waals surface area contributed by atoms with Gasteiger partial charge in [-0.2, -0.15) is 0 Å². The smallest absolute Gasteiger partial charge is 0.257 e. The van der Waals surface area contributed by atoms with E-state index >= 15 is 0 Å². The Bertz CT molecular complexity index is 1060. The maximum atomic E-state index is 12.8. The molecule has 0 aliphatic heterocycles. The van der Waals surface area contributed by atoms with Crippen LogP contribution in [0.3, 0.4) is 0 Å². The van der Waals surface area contributed by atoms with Gasteiger partial charge in [-0.15, -0.1) is 0 Å². The van der Waals surface area contributed by atoms with Crippen molar-refractivity contribution in [2.24, 2.45) is 0 Å². The lowest BCUT2D eigenvalue weighted by Crippen LogP contribution is -2.19. The minimum atomic E-state index is -0.293. The van der Waals surface area contributed by atoms with Gasteiger partial charge in [-0.3, -0.25) is 9.59 Å². The highest BCUT2D eigenvalue weighted by Gasteiger charge is 2.15. The van der Waals surface area contributed by atoms with Crippen LogP contribution in [0.15, 0.2) is 66.7 Å². The molecule has 3 rings (SSSR count). The topological polar surface area (TPSA) is 76.7 Å². The number of nitrogens with one attached hydrogen (secondary N) is 2. The van der Waals surface area contributed by atoms with Crippen LogP contribution in [0.25, 0.3) is 0 Å². The molecule has 6 heteroatoms. The van der Waals surface area contributed by atoms with Crippen LogP contribution in [0.4, 0.5) is 11.4 Å². The van der Waals surface area contributed by atoms with Crippen molar-refractivity contribution in [2.75, 3.05) is 24.9 Å². The zero-order valence-electron chi connectivity index (χ0n) is 17.2. The predicted octanol–water partition coefficient (Wildman–Crippen LogP) is 4.45. The summed E-state index contributed by atoms with van der Waals surface area (Å²) in [6, 6.07) is 19.7. The summed E-state index contributed by atoms with van der Waals surface area (Å²) in [5.41, 5.74) is 3.29. The first kappa shape index (κ1) is 20.9. The molecule has 0 bridgehead atoms. The molecule has 0 radical (unpaired) electrons. The molecule has 3 aromatic carbocycles. The summed E-state index contributed by atoms with van der Waals surface area (Å²) in [6.45, 7) is 1.96. The molecule has 2 N–H and O–H groups in total. The summed E-state index contributed by atoms with van der Waals surface area (Å²) >= 11 is 0. The quantitative estimate of drug-likeness (QED) is 0.610. The lowest BCUT2D eigenvalue weighted by Gasteiger charge is -2.13. The number of carbonyl (C=O) groups is 2. The van der Waals surface area contributed by atoms with Crippen molar-refractivity contribution in [3.05, 3.63) is 83.4 Å². The van der Waals surface area contributed by atoms with Gasteiger partial charge in [0.05, 0.1) is 31.9 Å². The molecule has 0 aliphatic rings. The zero-order chi connectivity index (χ0) is 21.5. The second-order valence-electron chi connectivity index (χ2n) is 6.77. The molecule has 0 heterocycles. The number of methoxy groups -OCH3 is 2. The number of ether oxygens (including phenoxy) is 2. The van der Waals surface area contributed by atoms with Crippen LogP contribution in [-0.4, -0.2) is 26.0 Å². The van der Waals surface area contributed by atoms with Crippen LogP contribution >= 0.6 is 0 Å². The average molecular weight is 404 g/mol. The summed E-state index contributed by atoms with van der Waals surface area (Å²) < 4.78 is 10.5. The van der Waals surface area contributed by atoms with E-state index in [0.717, 1.165) is 11.1 Å². The predicted molar refractivity (Wildman–Crippen MR) is 117 cm³/mol. The summed E-state index contributed by atoms with van der Waals surface area (Å²) in [5.74, 6) is 0.664. The lowest BCUT2D eigenvalue weighted by atomic mass is 10.1. The van der Waals surface area contributed by atoms with E-state index in [0.29, 0.717) is 28.4 Å². The Morgan fingerprint density at radius 1 is 0.867 bits per heavy atom. The number of hydrogen-bond acceptors (Lipinski definition) is 4. The van der Waals surface area contributed by atoms with Crippen molar-refractivity contribution in [1.82, 2.24) is 0 Å². The molecular weight excluding hydrogens is 380 g/mol. The van der Waals surface area contributed by atoms with Crippen LogP contribution in [-0.2, 0) is 11.2 Å². The lowest BCUT2D eigenvalue weighted by molar-refractivity contribution is -0.115. The number of anilines is 2. The first-order valence-corrected chi connectivity index (χ1v) is 9.48. The number of para-hydroxylation sites is 1. The molecule has 3 aromatic rings. The first-order chi connectivity index (χ1) is 14.5. The van der Waals surface area contributed by atoms with Gasteiger partial charge in [0, 0.05) is 17.3 Å². The SMILES string of the molecule is COc1ccc(CC(=O)Nc2ccccc2C(=O)Nc2cccc(C)c2)c(OC)c1. The van der Waals surface area contributed by atoms with Gasteiger partial charge in [0.2, 0.25) is 5.91 Å². The maximum absolute atomic E-state index is 12.8. The molecule has 0 aromatic heterocycles. The third-order valence-corrected chi connectivity index (χ3v) is 4.57. The van der Waals surface area contributed by atoms with Crippen molar-refractivity contribution < 1.29 is 19.1 Å². The summed E-state index contributed by atoms with van der Waals surface area (Å²) in [5, 5.41) is 5.70. The van der Waals surface area contributed by atoms with Crippen molar-refractivity contribution in [3.8, 4) is 11.5 Å². The Hall–Kier alpha value is -3.80. The highest BCUT2D eigenvalue weighted by molar-refractivity contribution is 6.10. The van der Waals surface area contributed by atoms with Gasteiger partial charge < -0.3 is 20.1 Å². The van der Waals surface area contributed by atoms with Gasteiger partial charge in [-0.05, 0) is 42.8 Å². The van der Waals surface area contributed by atoms with E-state index in [2.05, 4.69) is 10.6 Å². The highest BCUT2D eigenvalue weighted by Crippen LogP contribution is 2.25. The molecule has 0 atom stereocenters. The molecule has 0 fully saturated rings. The number of hydrogen-bond donors (Lipinski definition) is 2. The van der Waals surface area contributed by atoms with Gasteiger partial charge in [-0.25, -0.2) is 0 Å². The molecule has 154 valence electrons. The fourth-order valence-electron chi connectivity index (χ4n) is 3.08. The van der Waals surface area contributed by atoms with Crippen LogP contribution in [0.1, 0.15) is 21.5 Å². The number of aryl methyl sites for hydroxylation is 1. The summed E-state index contributed by atoms with van der Waals surface area (Å²) in [6.07, 6.45) is 0.0982. The van der Waals surface area contributed by atoms with Crippen LogP contribution in [0, 0.1) is 6.92 Å². The molecular formula is C24H24N2O4. The van der Waals surface area contributed by atoms with Crippen LogP contribution in [0.5, 0.6) is 11.5 Å². The maximum Gasteiger partial charge on any atom is 0.257 e. The summed E-state index contributed by atoms with van der Waals surface area (Å²) in [4.78, 5) is 25.4. The zero-order valence-corrected chi connectivity index (χ0v) is 17.2. The highest BCUT2D eigenvalue weighted by atomic mass is 16.5. The number of rotatable bonds is 7. The Morgan fingerprint density at radius 3 is 2.40 bits per heavy atom. The largest absolute Gasteiger partial charge is 0.497 e. The van der Waals surface area contributed by atoms with Crippen molar-refractivity contribution >= 4 is 23.2 Å². The Kier molecular flexibility index (Phi) is 6.70. The van der Waals surface area contributed by atoms with E-state index in [9.17, 15) is 9.59 Å². The Labute approximate surface area is 175 Å². The third kappa shape index (κ3) is 5.17. The van der Waals surface area contributed by atoms with E-state index in [1.54, 1.807) is 56.7 Å². The number of carbonyl (C=O) groups excluding carboxylic acids is 2. The Morgan fingerprint density at radius 2 is 1.67 bits per heavy atom. The molecule has 0 unspecified atom stereocenters. The second-order valence-corrected chi connectivity index (χ2v) is 6.77. The minimum absolute atomic E-state index is 0.0982. The minimum Gasteiger partial charge on any atom is -0.497 e. The second kappa shape index (κ2) is 9.60. The fraction of sp³-hybridized carbons (Fsp3) is 0.167. The molecule has 2 amide bonds. The molecule has 0 saturated heterocycles. The fourth-order valence-corrected chi connectivity index (χ4v) is 3.08. The van der Waals surface area contributed by atoms with E-state index < -0.39 is 0 Å². The molecule has 0 aliphatic carbocycles. The number of benzene rings is 3. The third-order valence-electron chi connectivity index (χ3n) is 4.57. The molecule has 6 nitrogen and oxygen atoms in total. The normalized spacial score (nSPS) is 10.2. The molecule has 0 saturated carbocycles. The van der Waals surface area contributed by atoms with Crippen molar-refractivity contribution in [2.45, 2.75) is 13.3 Å². The van der Waals surface area contributed by atoms with E-state index in [1.165, 1.54) is 0 Å². The summed E-state index contributed by atoms with van der Waals surface area (Å²) in [7, 11) is 3.11. The molecule has 30 heavy (non-hydrogen) atoms. The van der Waals surface area contributed by atoms with Crippen LogP contribution in [0.2, 0.25) is 0 Å². The average Bonchev–Trinajstić information content (AvgIpc) is 2.74. The van der Waals surface area contributed by atoms with Gasteiger partial charge >= 0.3 is 0 Å². The molecule has 0 spiro atoms. The van der Waals surface area contributed by atoms with Gasteiger partial charge in [0.15, 0.2) is 0 Å². The number of amides is 2. The first-order valence-electron chi connectivity index (χ1n) is 9.48. The Balaban J connectivity index is 1.74. The monoisotopic (exact) mass is 404 g/mol. The standard InChI is InChI=1S/C24H24N2O4/c1-16-7-6-8-18(13-16)25-24(28)20-9-4-5-10-21(20)26-23(27)14-17-11-12-19(29-2)15-22(17)30-3/h4-13,15H,14H2,1-3H3,(H,25,28)(H,26,27). The van der Waals surface area contributed by atoms with E-state index in [1.807, 2.05) is 31.2 Å². The van der Waals surface area contributed by atoms with Gasteiger partial charge in [0.25, 0.3) is 5.91 Å². The van der Waals surface area contributed by atoms with E-state index in [-0.39, 0.29) is 18.2 Å². The van der Waals surface area contributed by atoms with Crippen LogP contribution < -0.4 is 20.1 Å². The van der Waals surface area contributed by atoms with Crippen molar-refractivity contribution in [3.63, 3.8) is 0 Å². The van der Waals surface area contributed by atoms with E-state index in [4.69, 9.17) is 9.47 Å². The van der Waals surface area contributed by atoms with Gasteiger partial charge in [-0.1, -0.05) is 30.3 Å². The van der Waals surface area contributed by atoms with Crippen molar-refractivity contribution in [1.29, 1.82) is 0 Å². The van der Waals surface area contributed by atoms with Gasteiger partial charge in [0.1, 0.15) is 11.5 Å².